The summed E-state index contributed by atoms with van der Waals surface area (Å²) in [4.78, 5) is 5.47. The van der Waals surface area contributed by atoms with E-state index in [1.165, 1.54) is 48.2 Å². The van der Waals surface area contributed by atoms with Crippen LogP contribution in [0.15, 0.2) is 185 Å². The third-order valence-corrected chi connectivity index (χ3v) is 12.4. The summed E-state index contributed by atoms with van der Waals surface area (Å²) in [7, 11) is 0. The molecule has 258 valence electrons. The predicted molar refractivity (Wildman–Crippen MR) is 228 cm³/mol. The highest BCUT2D eigenvalue weighted by atomic mass is 32.1. The monoisotopic (exact) mass is 721 g/mol. The van der Waals surface area contributed by atoms with E-state index in [1.807, 2.05) is 6.07 Å². The number of nitrogens with zero attached hydrogens (tertiary/aromatic N) is 2. The van der Waals surface area contributed by atoms with Gasteiger partial charge < -0.3 is 14.3 Å². The Balaban J connectivity index is 1.01. The van der Waals surface area contributed by atoms with Crippen LogP contribution in [-0.2, 0) is 0 Å². The van der Waals surface area contributed by atoms with E-state index in [0.29, 0.717) is 0 Å². The standard InChI is InChI=1S/C50H31N3OS/c1-2-11-30(12-3-1)34-23-26-37-44(29-34)54-43-19-10-17-39(46(37)43)50-51-47(49-48(52-50)38-16-7-9-20-45(38)55-49)31-21-24-35(25-22-31)53-41-18-8-6-15-36(41)40-27-32-13-4-5-14-33(32)28-42(40)53/h1-29,50-51H. The lowest BCUT2D eigenvalue weighted by molar-refractivity contribution is 0.640. The van der Waals surface area contributed by atoms with Crippen molar-refractivity contribution in [3.8, 4) is 16.8 Å². The zero-order valence-corrected chi connectivity index (χ0v) is 30.3. The van der Waals surface area contributed by atoms with Crippen LogP contribution in [-0.4, -0.2) is 4.57 Å². The number of aromatic nitrogens is 1. The van der Waals surface area contributed by atoms with Crippen molar-refractivity contribution in [3.05, 3.63) is 197 Å². The number of nitrogens with one attached hydrogen (secondary N) is 1. The highest BCUT2D eigenvalue weighted by Gasteiger charge is 2.24. The third-order valence-electron chi connectivity index (χ3n) is 11.2. The summed E-state index contributed by atoms with van der Waals surface area (Å²) in [6.45, 7) is 0. The van der Waals surface area contributed by atoms with Crippen molar-refractivity contribution in [2.45, 2.75) is 6.17 Å². The van der Waals surface area contributed by atoms with Crippen LogP contribution in [0.4, 0.5) is 0 Å². The molecule has 4 heterocycles. The van der Waals surface area contributed by atoms with E-state index >= 15 is 0 Å². The van der Waals surface area contributed by atoms with E-state index in [2.05, 4.69) is 180 Å². The Morgan fingerprint density at radius 2 is 1.27 bits per heavy atom. The Morgan fingerprint density at radius 3 is 2.15 bits per heavy atom. The summed E-state index contributed by atoms with van der Waals surface area (Å²) in [5.74, 6) is 0. The van der Waals surface area contributed by atoms with Gasteiger partial charge in [-0.3, -0.25) is 4.99 Å². The smallest absolute Gasteiger partial charge is 0.146 e. The van der Waals surface area contributed by atoms with Gasteiger partial charge in [0.15, 0.2) is 0 Å². The fourth-order valence-corrected chi connectivity index (χ4v) is 9.84. The minimum Gasteiger partial charge on any atom is -0.456 e. The maximum atomic E-state index is 6.54. The lowest BCUT2D eigenvalue weighted by Gasteiger charge is -2.23. The number of hydrogen-bond acceptors (Lipinski definition) is 4. The Kier molecular flexibility index (Phi) is 6.53. The zero-order chi connectivity index (χ0) is 36.0. The predicted octanol–water partition coefficient (Wildman–Crippen LogP) is 11.8. The van der Waals surface area contributed by atoms with Crippen molar-refractivity contribution in [2.75, 3.05) is 0 Å². The van der Waals surface area contributed by atoms with E-state index in [9.17, 15) is 0 Å². The number of rotatable bonds is 4. The Labute approximate surface area is 319 Å². The van der Waals surface area contributed by atoms with Gasteiger partial charge in [-0.15, -0.1) is 11.3 Å². The first-order valence-electron chi connectivity index (χ1n) is 18.6. The number of hydrogen-bond donors (Lipinski definition) is 1. The lowest BCUT2D eigenvalue weighted by Crippen LogP contribution is -2.37. The molecule has 0 aliphatic carbocycles. The first kappa shape index (κ1) is 30.5. The lowest BCUT2D eigenvalue weighted by atomic mass is 10.00. The van der Waals surface area contributed by atoms with Crippen LogP contribution in [0.3, 0.4) is 0 Å². The molecule has 1 N–H and O–H groups in total. The van der Waals surface area contributed by atoms with Gasteiger partial charge in [-0.25, -0.2) is 0 Å². The van der Waals surface area contributed by atoms with Crippen LogP contribution >= 0.6 is 11.3 Å². The molecule has 1 atom stereocenters. The van der Waals surface area contributed by atoms with Gasteiger partial charge in [0.05, 0.1) is 26.6 Å². The highest BCUT2D eigenvalue weighted by Crippen LogP contribution is 2.39. The Bertz CT molecular complexity index is 3460. The number of para-hydroxylation sites is 1. The second-order valence-electron chi connectivity index (χ2n) is 14.3. The van der Waals surface area contributed by atoms with E-state index in [4.69, 9.17) is 9.41 Å². The first-order valence-corrected chi connectivity index (χ1v) is 19.5. The van der Waals surface area contributed by atoms with Gasteiger partial charge in [0.25, 0.3) is 0 Å². The minimum absolute atomic E-state index is 0.316. The average Bonchev–Trinajstić information content (AvgIpc) is 3.92. The van der Waals surface area contributed by atoms with Crippen molar-refractivity contribution in [1.82, 2.24) is 9.88 Å². The molecule has 0 radical (unpaired) electrons. The summed E-state index contributed by atoms with van der Waals surface area (Å²) >= 11 is 1.80. The molecule has 1 aliphatic heterocycles. The number of fused-ring (bicyclic) bond motifs is 10. The maximum absolute atomic E-state index is 6.54. The van der Waals surface area contributed by atoms with Crippen molar-refractivity contribution in [1.29, 1.82) is 0 Å². The van der Waals surface area contributed by atoms with Gasteiger partial charge in [-0.05, 0) is 82.1 Å². The molecule has 0 spiro atoms. The number of benzene rings is 8. The van der Waals surface area contributed by atoms with Crippen molar-refractivity contribution >= 4 is 81.6 Å². The van der Waals surface area contributed by atoms with Crippen LogP contribution in [0.5, 0.6) is 0 Å². The van der Waals surface area contributed by atoms with Crippen molar-refractivity contribution < 1.29 is 4.42 Å². The molecule has 0 bridgehead atoms. The zero-order valence-electron chi connectivity index (χ0n) is 29.5. The number of furan rings is 1. The second-order valence-corrected chi connectivity index (χ2v) is 15.4. The molecule has 55 heavy (non-hydrogen) atoms. The highest BCUT2D eigenvalue weighted by molar-refractivity contribution is 7.17. The third kappa shape index (κ3) is 4.67. The molecule has 5 heteroatoms. The van der Waals surface area contributed by atoms with Crippen LogP contribution in [0, 0.1) is 0 Å². The molecule has 11 aromatic rings. The fraction of sp³-hybridized carbons (Fsp3) is 0.0200. The number of thiophene rings is 1. The molecule has 1 aliphatic rings. The SMILES string of the molecule is c1ccc(-c2ccc3c(c2)oc2cccc(C4N=c5c(sc6ccccc56)=C(c5ccc(-n6c7ccccc7c7cc8ccccc8cc76)cc5)N4)c23)cc1. The van der Waals surface area contributed by atoms with E-state index in [0.717, 1.165) is 59.9 Å². The van der Waals surface area contributed by atoms with Crippen LogP contribution in [0.1, 0.15) is 17.3 Å². The van der Waals surface area contributed by atoms with Crippen LogP contribution in [0.25, 0.3) is 87.1 Å². The fourth-order valence-electron chi connectivity index (χ4n) is 8.66. The van der Waals surface area contributed by atoms with Gasteiger partial charge >= 0.3 is 0 Å². The average molecular weight is 722 g/mol. The molecule has 8 aromatic carbocycles. The quantitative estimate of drug-likeness (QED) is 0.197. The summed E-state index contributed by atoms with van der Waals surface area (Å²) in [6, 6.07) is 63.0. The van der Waals surface area contributed by atoms with Crippen LogP contribution < -0.4 is 15.2 Å². The van der Waals surface area contributed by atoms with E-state index in [-0.39, 0.29) is 6.17 Å². The molecule has 0 saturated heterocycles. The van der Waals surface area contributed by atoms with Gasteiger partial charge in [0, 0.05) is 42.9 Å². The summed E-state index contributed by atoms with van der Waals surface area (Å²) < 4.78 is 11.3. The molecule has 0 saturated carbocycles. The summed E-state index contributed by atoms with van der Waals surface area (Å²) in [6.07, 6.45) is -0.316. The molecule has 0 amide bonds. The normalized spacial score (nSPS) is 14.3. The molecule has 4 nitrogen and oxygen atoms in total. The van der Waals surface area contributed by atoms with E-state index < -0.39 is 0 Å². The molecular weight excluding hydrogens is 691 g/mol. The Hall–Kier alpha value is -6.95. The van der Waals surface area contributed by atoms with Crippen molar-refractivity contribution in [3.63, 3.8) is 0 Å². The molecule has 12 rings (SSSR count). The summed E-state index contributed by atoms with van der Waals surface area (Å²) in [5, 5.41) is 13.3. The topological polar surface area (TPSA) is 42.5 Å². The van der Waals surface area contributed by atoms with Crippen LogP contribution in [0.2, 0.25) is 0 Å². The maximum Gasteiger partial charge on any atom is 0.146 e. The second kappa shape index (κ2) is 11.8. The largest absolute Gasteiger partial charge is 0.456 e. The van der Waals surface area contributed by atoms with Gasteiger partial charge in [0.1, 0.15) is 17.3 Å². The first-order chi connectivity index (χ1) is 27.2. The van der Waals surface area contributed by atoms with Gasteiger partial charge in [-0.2, -0.15) is 0 Å². The van der Waals surface area contributed by atoms with Gasteiger partial charge in [0.2, 0.25) is 0 Å². The van der Waals surface area contributed by atoms with E-state index in [1.54, 1.807) is 11.3 Å². The van der Waals surface area contributed by atoms with Gasteiger partial charge in [-0.1, -0.05) is 121 Å². The minimum atomic E-state index is -0.316. The molecule has 1 unspecified atom stereocenters. The summed E-state index contributed by atoms with van der Waals surface area (Å²) in [5.41, 5.74) is 10.9. The Morgan fingerprint density at radius 1 is 0.527 bits per heavy atom. The van der Waals surface area contributed by atoms with Crippen molar-refractivity contribution in [2.24, 2.45) is 4.99 Å². The molecule has 0 fully saturated rings. The molecular formula is C50H31N3OS. The molecule has 3 aromatic heterocycles.